The molecule has 0 unspecified atom stereocenters. The van der Waals surface area contributed by atoms with Gasteiger partial charge < -0.3 is 10.5 Å². The van der Waals surface area contributed by atoms with Gasteiger partial charge in [0.1, 0.15) is 5.69 Å². The number of halogens is 1. The average Bonchev–Trinajstić information content (AvgIpc) is 2.10. The molecule has 58 valence electrons. The number of hydrogen-bond acceptors (Lipinski definition) is 3. The smallest absolute Gasteiger partial charge is 0.255 e. The van der Waals surface area contributed by atoms with E-state index in [1.807, 2.05) is 0 Å². The maximum absolute atomic E-state index is 5.44. The summed E-state index contributed by atoms with van der Waals surface area (Å²) in [5, 5.41) is 3.90. The Balaban J connectivity index is 0.000000810. The Morgan fingerprint density at radius 1 is 1.70 bits per heavy atom. The lowest BCUT2D eigenvalue weighted by atomic mass is 10.6. The molecule has 0 radical (unpaired) electrons. The van der Waals surface area contributed by atoms with Crippen LogP contribution in [0.3, 0.4) is 0 Å². The number of aromatic nitrogens is 2. The lowest BCUT2D eigenvalue weighted by Gasteiger charge is -1.90. The summed E-state index contributed by atoms with van der Waals surface area (Å²) in [6.45, 7) is 0. The number of ether oxygens (including phenoxy) is 1. The van der Waals surface area contributed by atoms with E-state index in [1.165, 1.54) is 0 Å². The van der Waals surface area contributed by atoms with E-state index in [0.29, 0.717) is 11.6 Å². The Morgan fingerprint density at radius 3 is 2.50 bits per heavy atom. The molecule has 0 spiro atoms. The molecule has 0 fully saturated rings. The Hall–Kier alpha value is -0.900. The van der Waals surface area contributed by atoms with Gasteiger partial charge in [-0.25, -0.2) is 0 Å². The molecule has 5 heteroatoms. The van der Waals surface area contributed by atoms with Crippen molar-refractivity contribution in [3.05, 3.63) is 6.20 Å². The maximum Gasteiger partial charge on any atom is 0.255 e. The van der Waals surface area contributed by atoms with Crippen LogP contribution in [-0.4, -0.2) is 16.9 Å². The molecule has 1 heterocycles. The summed E-state index contributed by atoms with van der Waals surface area (Å²) in [5.74, 6) is 0.484. The molecular weight excluding hydrogens is 154 g/mol. The lowest BCUT2D eigenvalue weighted by Crippen LogP contribution is -1.89. The highest BCUT2D eigenvalue weighted by Gasteiger charge is 2.00. The topological polar surface area (TPSA) is 53.1 Å². The molecule has 1 rings (SSSR count). The van der Waals surface area contributed by atoms with Gasteiger partial charge in [0.05, 0.1) is 13.3 Å². The second kappa shape index (κ2) is 3.31. The number of rotatable bonds is 1. The minimum atomic E-state index is 0. The van der Waals surface area contributed by atoms with Crippen molar-refractivity contribution in [1.29, 1.82) is 0 Å². The van der Waals surface area contributed by atoms with Gasteiger partial charge in [-0.2, -0.15) is 0 Å². The highest BCUT2D eigenvalue weighted by molar-refractivity contribution is 5.85. The highest BCUT2D eigenvalue weighted by atomic mass is 35.5. The van der Waals surface area contributed by atoms with E-state index >= 15 is 0 Å². The van der Waals surface area contributed by atoms with Crippen LogP contribution in [0.1, 0.15) is 0 Å². The molecule has 0 bridgehead atoms. The van der Waals surface area contributed by atoms with E-state index < -0.39 is 0 Å². The molecule has 0 aliphatic rings. The standard InChI is InChI=1S/C5H9N3O.ClH/c1-8-3-4(6)5(7-8)9-2;/h3H,6H2,1-2H3;1H. The minimum absolute atomic E-state index is 0. The molecule has 1 aromatic rings. The number of aryl methyl sites for hydroxylation is 1. The Kier molecular flexibility index (Phi) is 3.02. The second-order valence-corrected chi connectivity index (χ2v) is 1.77. The highest BCUT2D eigenvalue weighted by Crippen LogP contribution is 2.15. The molecule has 0 amide bonds. The predicted molar refractivity (Wildman–Crippen MR) is 41.4 cm³/mol. The molecule has 0 aromatic carbocycles. The van der Waals surface area contributed by atoms with Crippen molar-refractivity contribution in [3.63, 3.8) is 0 Å². The zero-order chi connectivity index (χ0) is 6.85. The SMILES string of the molecule is COc1nn(C)cc1N.Cl. The molecule has 0 aliphatic heterocycles. The third kappa shape index (κ3) is 1.54. The second-order valence-electron chi connectivity index (χ2n) is 1.77. The van der Waals surface area contributed by atoms with Crippen molar-refractivity contribution >= 4 is 18.1 Å². The molecule has 2 N–H and O–H groups in total. The fourth-order valence-electron chi connectivity index (χ4n) is 0.645. The fraction of sp³-hybridized carbons (Fsp3) is 0.400. The van der Waals surface area contributed by atoms with Crippen molar-refractivity contribution < 1.29 is 4.74 Å². The Labute approximate surface area is 65.4 Å². The van der Waals surface area contributed by atoms with Crippen LogP contribution in [0.15, 0.2) is 6.20 Å². The summed E-state index contributed by atoms with van der Waals surface area (Å²) in [4.78, 5) is 0. The zero-order valence-corrected chi connectivity index (χ0v) is 6.68. The van der Waals surface area contributed by atoms with Gasteiger partial charge in [0.25, 0.3) is 5.88 Å². The van der Waals surface area contributed by atoms with Gasteiger partial charge in [-0.3, -0.25) is 4.68 Å². The van der Waals surface area contributed by atoms with Crippen molar-refractivity contribution in [3.8, 4) is 5.88 Å². The third-order valence-electron chi connectivity index (χ3n) is 1.01. The fourth-order valence-corrected chi connectivity index (χ4v) is 0.645. The third-order valence-corrected chi connectivity index (χ3v) is 1.01. The van der Waals surface area contributed by atoms with E-state index in [4.69, 9.17) is 10.5 Å². The first-order valence-electron chi connectivity index (χ1n) is 2.57. The van der Waals surface area contributed by atoms with Crippen LogP contribution in [0, 0.1) is 0 Å². The van der Waals surface area contributed by atoms with Crippen molar-refractivity contribution in [2.24, 2.45) is 7.05 Å². The predicted octanol–water partition coefficient (Wildman–Crippen LogP) is 0.433. The van der Waals surface area contributed by atoms with Crippen LogP contribution in [0.2, 0.25) is 0 Å². The quantitative estimate of drug-likeness (QED) is 0.654. The van der Waals surface area contributed by atoms with E-state index in [2.05, 4.69) is 5.10 Å². The van der Waals surface area contributed by atoms with Crippen LogP contribution in [0.5, 0.6) is 5.88 Å². The van der Waals surface area contributed by atoms with Crippen LogP contribution in [0.4, 0.5) is 5.69 Å². The summed E-state index contributed by atoms with van der Waals surface area (Å²) in [6.07, 6.45) is 1.69. The van der Waals surface area contributed by atoms with Crippen molar-refractivity contribution in [1.82, 2.24) is 9.78 Å². The first kappa shape index (κ1) is 9.10. The van der Waals surface area contributed by atoms with Gasteiger partial charge in [0.15, 0.2) is 0 Å². The Morgan fingerprint density at radius 2 is 2.30 bits per heavy atom. The summed E-state index contributed by atoms with van der Waals surface area (Å²) in [7, 11) is 3.33. The number of nitrogens with two attached hydrogens (primary N) is 1. The average molecular weight is 164 g/mol. The van der Waals surface area contributed by atoms with Gasteiger partial charge in [-0.15, -0.1) is 17.5 Å². The molecule has 0 aliphatic carbocycles. The van der Waals surface area contributed by atoms with Gasteiger partial charge in [-0.05, 0) is 0 Å². The minimum Gasteiger partial charge on any atom is -0.478 e. The van der Waals surface area contributed by atoms with Crippen LogP contribution >= 0.6 is 12.4 Å². The van der Waals surface area contributed by atoms with E-state index in [1.54, 1.807) is 25.0 Å². The maximum atomic E-state index is 5.44. The normalized spacial score (nSPS) is 8.60. The number of methoxy groups -OCH3 is 1. The molecule has 10 heavy (non-hydrogen) atoms. The van der Waals surface area contributed by atoms with E-state index in [0.717, 1.165) is 0 Å². The largest absolute Gasteiger partial charge is 0.478 e. The van der Waals surface area contributed by atoms with Gasteiger partial charge in [-0.1, -0.05) is 0 Å². The number of anilines is 1. The lowest BCUT2D eigenvalue weighted by molar-refractivity contribution is 0.393. The van der Waals surface area contributed by atoms with Gasteiger partial charge >= 0.3 is 0 Å². The molecule has 0 saturated heterocycles. The molecule has 1 aromatic heterocycles. The van der Waals surface area contributed by atoms with Gasteiger partial charge in [0.2, 0.25) is 0 Å². The van der Waals surface area contributed by atoms with Crippen LogP contribution < -0.4 is 10.5 Å². The zero-order valence-electron chi connectivity index (χ0n) is 5.87. The number of nitrogen functional groups attached to an aromatic ring is 1. The molecule has 0 atom stereocenters. The number of hydrogen-bond donors (Lipinski definition) is 1. The summed E-state index contributed by atoms with van der Waals surface area (Å²) in [6, 6.07) is 0. The van der Waals surface area contributed by atoms with Crippen molar-refractivity contribution in [2.75, 3.05) is 12.8 Å². The molecular formula is C5H10ClN3O. The van der Waals surface area contributed by atoms with E-state index in [-0.39, 0.29) is 12.4 Å². The summed E-state index contributed by atoms with van der Waals surface area (Å²) in [5.41, 5.74) is 6.01. The molecule has 0 saturated carbocycles. The first-order valence-corrected chi connectivity index (χ1v) is 2.57. The van der Waals surface area contributed by atoms with Gasteiger partial charge in [0, 0.05) is 7.05 Å². The monoisotopic (exact) mass is 163 g/mol. The van der Waals surface area contributed by atoms with Crippen LogP contribution in [-0.2, 0) is 7.05 Å². The summed E-state index contributed by atoms with van der Waals surface area (Å²) >= 11 is 0. The van der Waals surface area contributed by atoms with Crippen molar-refractivity contribution in [2.45, 2.75) is 0 Å². The molecule has 4 nitrogen and oxygen atoms in total. The number of nitrogens with zero attached hydrogens (tertiary/aromatic N) is 2. The first-order chi connectivity index (χ1) is 4.24. The Bertz CT molecular complexity index is 211. The summed E-state index contributed by atoms with van der Waals surface area (Å²) < 4.78 is 6.41. The van der Waals surface area contributed by atoms with E-state index in [9.17, 15) is 0 Å². The van der Waals surface area contributed by atoms with Crippen LogP contribution in [0.25, 0.3) is 0 Å².